The number of nitrogens with two attached hydrogens (primary N) is 1. The van der Waals surface area contributed by atoms with Crippen molar-refractivity contribution in [1.29, 1.82) is 0 Å². The number of esters is 1. The lowest BCUT2D eigenvalue weighted by molar-refractivity contribution is -0.157. The summed E-state index contributed by atoms with van der Waals surface area (Å²) >= 11 is 0. The average molecular weight is 471 g/mol. The van der Waals surface area contributed by atoms with E-state index in [9.17, 15) is 24.0 Å². The van der Waals surface area contributed by atoms with Crippen molar-refractivity contribution in [3.8, 4) is 0 Å². The molecule has 4 amide bonds. The smallest absolute Gasteiger partial charge is 0.328 e. The van der Waals surface area contributed by atoms with Crippen molar-refractivity contribution in [3.63, 3.8) is 0 Å². The summed E-state index contributed by atoms with van der Waals surface area (Å²) in [5, 5.41) is 2.64. The van der Waals surface area contributed by atoms with Crippen molar-refractivity contribution < 1.29 is 28.7 Å². The first-order valence-corrected chi connectivity index (χ1v) is 11.2. The molecular weight excluding hydrogens is 440 g/mol. The van der Waals surface area contributed by atoms with E-state index < -0.39 is 35.4 Å². The third-order valence-corrected chi connectivity index (χ3v) is 6.34. The fourth-order valence-electron chi connectivity index (χ4n) is 4.36. The number of piperazine rings is 1. The number of benzene rings is 1. The summed E-state index contributed by atoms with van der Waals surface area (Å²) in [6.45, 7) is 3.96. The van der Waals surface area contributed by atoms with Gasteiger partial charge in [-0.25, -0.2) is 4.79 Å². The molecule has 0 unspecified atom stereocenters. The first kappa shape index (κ1) is 24.9. The number of nitrogens with zero attached hydrogens (tertiary/aromatic N) is 2. The Hall–Kier alpha value is -3.69. The summed E-state index contributed by atoms with van der Waals surface area (Å²) in [7, 11) is 1.18. The zero-order valence-corrected chi connectivity index (χ0v) is 19.2. The molecule has 3 rings (SSSR count). The van der Waals surface area contributed by atoms with E-state index in [2.05, 4.69) is 11.9 Å². The maximum atomic E-state index is 13.5. The standard InChI is InChI=1S/C24H30N4O6/c1-3-20(30)28-14-13-27(23(33)24(28)11-12-24)18(15-16-7-5-4-6-8-16)21(31)26-17(22(32)34-2)9-10-19(25)29/h3-8,17-18H,1,9-15H2,2H3,(H2,25,29)(H,26,31)/t17-,18-/m0/s1. The van der Waals surface area contributed by atoms with Gasteiger partial charge in [-0.05, 0) is 30.9 Å². The van der Waals surface area contributed by atoms with Crippen LogP contribution >= 0.6 is 0 Å². The van der Waals surface area contributed by atoms with Crippen LogP contribution in [-0.4, -0.2) is 77.2 Å². The highest BCUT2D eigenvalue weighted by Crippen LogP contribution is 2.46. The monoisotopic (exact) mass is 470 g/mol. The Balaban J connectivity index is 1.86. The van der Waals surface area contributed by atoms with E-state index >= 15 is 0 Å². The number of carbonyl (C=O) groups is 5. The zero-order valence-electron chi connectivity index (χ0n) is 19.2. The lowest BCUT2D eigenvalue weighted by Crippen LogP contribution is -2.65. The third kappa shape index (κ3) is 5.27. The summed E-state index contributed by atoms with van der Waals surface area (Å²) in [5.74, 6) is -2.47. The van der Waals surface area contributed by atoms with Crippen LogP contribution in [-0.2, 0) is 35.1 Å². The van der Waals surface area contributed by atoms with Gasteiger partial charge in [0.25, 0.3) is 0 Å². The van der Waals surface area contributed by atoms with Crippen LogP contribution in [0.1, 0.15) is 31.2 Å². The van der Waals surface area contributed by atoms with E-state index in [0.717, 1.165) is 5.56 Å². The maximum Gasteiger partial charge on any atom is 0.328 e. The second-order valence-electron chi connectivity index (χ2n) is 8.52. The highest BCUT2D eigenvalue weighted by Gasteiger charge is 2.60. The van der Waals surface area contributed by atoms with Gasteiger partial charge in [0, 0.05) is 25.9 Å². The van der Waals surface area contributed by atoms with E-state index in [0.29, 0.717) is 12.8 Å². The van der Waals surface area contributed by atoms with Crippen molar-refractivity contribution in [2.45, 2.75) is 49.7 Å². The van der Waals surface area contributed by atoms with Crippen molar-refractivity contribution in [2.24, 2.45) is 5.73 Å². The lowest BCUT2D eigenvalue weighted by atomic mass is 9.99. The molecule has 1 aliphatic carbocycles. The van der Waals surface area contributed by atoms with Crippen LogP contribution in [0.15, 0.2) is 43.0 Å². The van der Waals surface area contributed by atoms with Crippen LogP contribution in [0.25, 0.3) is 0 Å². The zero-order chi connectivity index (χ0) is 24.9. The Morgan fingerprint density at radius 3 is 2.44 bits per heavy atom. The average Bonchev–Trinajstić information content (AvgIpc) is 3.63. The Labute approximate surface area is 198 Å². The number of carbonyl (C=O) groups excluding carboxylic acids is 5. The van der Waals surface area contributed by atoms with Gasteiger partial charge in [0.05, 0.1) is 7.11 Å². The van der Waals surface area contributed by atoms with Crippen molar-refractivity contribution in [3.05, 3.63) is 48.6 Å². The summed E-state index contributed by atoms with van der Waals surface area (Å²) in [4.78, 5) is 65.8. The number of hydrogen-bond donors (Lipinski definition) is 2. The molecule has 0 radical (unpaired) electrons. The highest BCUT2D eigenvalue weighted by atomic mass is 16.5. The van der Waals surface area contributed by atoms with Gasteiger partial charge < -0.3 is 25.6 Å². The minimum atomic E-state index is -1.09. The fraction of sp³-hybridized carbons (Fsp3) is 0.458. The SMILES string of the molecule is C=CC(=O)N1CCN([C@@H](Cc2ccccc2)C(=O)N[C@@H](CCC(N)=O)C(=O)OC)C(=O)C12CC2. The fourth-order valence-corrected chi connectivity index (χ4v) is 4.36. The molecular formula is C24H30N4O6. The second kappa shape index (κ2) is 10.5. The maximum absolute atomic E-state index is 13.5. The number of hydrogen-bond acceptors (Lipinski definition) is 6. The summed E-state index contributed by atoms with van der Waals surface area (Å²) in [6, 6.07) is 7.20. The molecule has 34 heavy (non-hydrogen) atoms. The molecule has 3 N–H and O–H groups in total. The van der Waals surface area contributed by atoms with E-state index in [1.807, 2.05) is 30.3 Å². The van der Waals surface area contributed by atoms with Gasteiger partial charge >= 0.3 is 5.97 Å². The summed E-state index contributed by atoms with van der Waals surface area (Å²) in [5.41, 5.74) is 5.08. The molecule has 0 bridgehead atoms. The van der Waals surface area contributed by atoms with Crippen LogP contribution in [0.5, 0.6) is 0 Å². The molecule has 1 spiro atoms. The molecule has 1 aromatic carbocycles. The number of rotatable bonds is 10. The first-order chi connectivity index (χ1) is 16.2. The van der Waals surface area contributed by atoms with E-state index in [1.54, 1.807) is 0 Å². The predicted octanol–water partition coefficient (Wildman–Crippen LogP) is -0.0896. The molecule has 1 heterocycles. The van der Waals surface area contributed by atoms with Crippen LogP contribution < -0.4 is 11.1 Å². The largest absolute Gasteiger partial charge is 0.467 e. The topological polar surface area (TPSA) is 139 Å². The molecule has 1 aromatic rings. The third-order valence-electron chi connectivity index (χ3n) is 6.34. The summed E-state index contributed by atoms with van der Waals surface area (Å²) in [6.07, 6.45) is 2.31. The lowest BCUT2D eigenvalue weighted by Gasteiger charge is -2.43. The number of ether oxygens (including phenoxy) is 1. The van der Waals surface area contributed by atoms with Crippen molar-refractivity contribution in [1.82, 2.24) is 15.1 Å². The first-order valence-electron chi connectivity index (χ1n) is 11.2. The van der Waals surface area contributed by atoms with Gasteiger partial charge in [-0.2, -0.15) is 0 Å². The Morgan fingerprint density at radius 2 is 1.88 bits per heavy atom. The van der Waals surface area contributed by atoms with Gasteiger partial charge in [-0.1, -0.05) is 36.9 Å². The number of primary amides is 1. The van der Waals surface area contributed by atoms with Crippen LogP contribution in [0.4, 0.5) is 0 Å². The molecule has 1 aliphatic heterocycles. The molecule has 10 heteroatoms. The molecule has 0 aromatic heterocycles. The molecule has 2 atom stereocenters. The molecule has 10 nitrogen and oxygen atoms in total. The van der Waals surface area contributed by atoms with Gasteiger partial charge in [0.15, 0.2) is 0 Å². The molecule has 182 valence electrons. The van der Waals surface area contributed by atoms with Gasteiger partial charge in [-0.3, -0.25) is 19.2 Å². The van der Waals surface area contributed by atoms with Crippen molar-refractivity contribution >= 4 is 29.6 Å². The normalized spacial score (nSPS) is 18.1. The Morgan fingerprint density at radius 1 is 1.21 bits per heavy atom. The molecule has 2 fully saturated rings. The van der Waals surface area contributed by atoms with Gasteiger partial charge in [0.2, 0.25) is 23.6 Å². The van der Waals surface area contributed by atoms with E-state index in [4.69, 9.17) is 10.5 Å². The Bertz CT molecular complexity index is 975. The van der Waals surface area contributed by atoms with Crippen LogP contribution in [0.2, 0.25) is 0 Å². The minimum Gasteiger partial charge on any atom is -0.467 e. The van der Waals surface area contributed by atoms with E-state index in [-0.39, 0.29) is 44.2 Å². The summed E-state index contributed by atoms with van der Waals surface area (Å²) < 4.78 is 4.77. The van der Waals surface area contributed by atoms with Crippen molar-refractivity contribution in [2.75, 3.05) is 20.2 Å². The van der Waals surface area contributed by atoms with Gasteiger partial charge in [-0.15, -0.1) is 0 Å². The van der Waals surface area contributed by atoms with Crippen LogP contribution in [0.3, 0.4) is 0 Å². The Kier molecular flexibility index (Phi) is 7.70. The molecule has 2 aliphatic rings. The quantitative estimate of drug-likeness (QED) is 0.362. The minimum absolute atomic E-state index is 0.0225. The molecule has 1 saturated heterocycles. The second-order valence-corrected chi connectivity index (χ2v) is 8.52. The number of amides is 4. The highest BCUT2D eigenvalue weighted by molar-refractivity contribution is 6.00. The van der Waals surface area contributed by atoms with Gasteiger partial charge in [0.1, 0.15) is 17.6 Å². The predicted molar refractivity (Wildman–Crippen MR) is 122 cm³/mol. The number of methoxy groups -OCH3 is 1. The van der Waals surface area contributed by atoms with Crippen LogP contribution in [0, 0.1) is 0 Å². The molecule has 1 saturated carbocycles. The van der Waals surface area contributed by atoms with E-state index in [1.165, 1.54) is 23.0 Å². The number of nitrogens with one attached hydrogen (secondary N) is 1.